The zero-order valence-corrected chi connectivity index (χ0v) is 15.4. The monoisotopic (exact) mass is 415 g/mol. The third-order valence-electron chi connectivity index (χ3n) is 4.16. The molecule has 1 amide bonds. The molecular formula is C20H16F3N5O2. The van der Waals surface area contributed by atoms with Crippen LogP contribution >= 0.6 is 0 Å². The lowest BCUT2D eigenvalue weighted by atomic mass is 10.1. The Morgan fingerprint density at radius 3 is 2.67 bits per heavy atom. The van der Waals surface area contributed by atoms with Gasteiger partial charge in [0, 0.05) is 11.1 Å². The standard InChI is InChI=1S/C20H16F3N5O2/c21-13-2-1-3-14(9-13)27-16(6-7-24)28-10-12-5-4-11(8-15(12)20(28)29)18(25)30-19(26)17(22)23/h1-9,17,25-26H,10,24H2. The summed E-state index contributed by atoms with van der Waals surface area (Å²) in [7, 11) is 0. The average molecular weight is 415 g/mol. The number of amides is 1. The molecule has 1 aliphatic rings. The highest BCUT2D eigenvalue weighted by Gasteiger charge is 2.31. The number of aliphatic imine (C=N–C) groups is 1. The van der Waals surface area contributed by atoms with Crippen molar-refractivity contribution in [2.45, 2.75) is 13.0 Å². The predicted molar refractivity (Wildman–Crippen MR) is 105 cm³/mol. The second kappa shape index (κ2) is 8.60. The number of alkyl halides is 2. The van der Waals surface area contributed by atoms with Gasteiger partial charge in [-0.25, -0.2) is 9.38 Å². The summed E-state index contributed by atoms with van der Waals surface area (Å²) in [4.78, 5) is 18.5. The van der Waals surface area contributed by atoms with Gasteiger partial charge in [0.15, 0.2) is 0 Å². The van der Waals surface area contributed by atoms with Gasteiger partial charge < -0.3 is 10.5 Å². The molecule has 0 aromatic heterocycles. The van der Waals surface area contributed by atoms with Gasteiger partial charge in [-0.15, -0.1) is 0 Å². The van der Waals surface area contributed by atoms with E-state index in [0.717, 1.165) is 0 Å². The van der Waals surface area contributed by atoms with Gasteiger partial charge in [0.25, 0.3) is 11.8 Å². The molecule has 0 fully saturated rings. The molecule has 30 heavy (non-hydrogen) atoms. The minimum Gasteiger partial charge on any atom is -0.419 e. The third-order valence-corrected chi connectivity index (χ3v) is 4.16. The van der Waals surface area contributed by atoms with Crippen LogP contribution in [-0.4, -0.2) is 34.9 Å². The number of fused-ring (bicyclic) bond motifs is 1. The van der Waals surface area contributed by atoms with Gasteiger partial charge in [0.1, 0.15) is 11.7 Å². The summed E-state index contributed by atoms with van der Waals surface area (Å²) in [6.45, 7) is 0.147. The zero-order valence-electron chi connectivity index (χ0n) is 15.4. The van der Waals surface area contributed by atoms with Crippen molar-refractivity contribution in [3.8, 4) is 0 Å². The first-order valence-corrected chi connectivity index (χ1v) is 8.61. The highest BCUT2D eigenvalue weighted by atomic mass is 19.3. The quantitative estimate of drug-likeness (QED) is 0.524. The zero-order chi connectivity index (χ0) is 21.8. The van der Waals surface area contributed by atoms with Crippen molar-refractivity contribution in [2.75, 3.05) is 0 Å². The van der Waals surface area contributed by atoms with Crippen molar-refractivity contribution in [2.24, 2.45) is 10.7 Å². The van der Waals surface area contributed by atoms with E-state index in [2.05, 4.69) is 9.73 Å². The van der Waals surface area contributed by atoms with Crippen molar-refractivity contribution in [3.05, 3.63) is 77.2 Å². The van der Waals surface area contributed by atoms with Crippen LogP contribution < -0.4 is 5.73 Å². The number of nitrogens with one attached hydrogen (secondary N) is 2. The summed E-state index contributed by atoms with van der Waals surface area (Å²) >= 11 is 0. The fourth-order valence-corrected chi connectivity index (χ4v) is 2.79. The SMILES string of the molecule is N=C(OC(=N)C(F)F)c1ccc2c(c1)C(=O)N(C(C=CN)=Nc1cccc(F)c1)C2. The van der Waals surface area contributed by atoms with Crippen molar-refractivity contribution in [3.63, 3.8) is 0 Å². The maximum absolute atomic E-state index is 13.4. The molecule has 7 nitrogen and oxygen atoms in total. The van der Waals surface area contributed by atoms with Crippen molar-refractivity contribution < 1.29 is 22.7 Å². The van der Waals surface area contributed by atoms with E-state index >= 15 is 0 Å². The van der Waals surface area contributed by atoms with Crippen LogP contribution in [0, 0.1) is 16.6 Å². The maximum atomic E-state index is 13.4. The van der Waals surface area contributed by atoms with Gasteiger partial charge in [0.2, 0.25) is 5.90 Å². The van der Waals surface area contributed by atoms with Crippen LogP contribution in [0.5, 0.6) is 0 Å². The molecule has 1 heterocycles. The smallest absolute Gasteiger partial charge is 0.312 e. The van der Waals surface area contributed by atoms with E-state index < -0.39 is 29.9 Å². The number of rotatable bonds is 4. The molecule has 2 aromatic carbocycles. The lowest BCUT2D eigenvalue weighted by Gasteiger charge is -2.15. The number of halogens is 3. The van der Waals surface area contributed by atoms with Gasteiger partial charge in [-0.3, -0.25) is 20.5 Å². The fraction of sp³-hybridized carbons (Fsp3) is 0.100. The van der Waals surface area contributed by atoms with Crippen LogP contribution in [0.25, 0.3) is 0 Å². The largest absolute Gasteiger partial charge is 0.419 e. The first-order valence-electron chi connectivity index (χ1n) is 8.61. The topological polar surface area (TPSA) is 116 Å². The molecule has 1 aliphatic heterocycles. The Balaban J connectivity index is 1.89. The highest BCUT2D eigenvalue weighted by Crippen LogP contribution is 2.26. The van der Waals surface area contributed by atoms with Crippen molar-refractivity contribution in [1.29, 1.82) is 10.8 Å². The van der Waals surface area contributed by atoms with Crippen LogP contribution in [0.3, 0.4) is 0 Å². The number of carbonyl (C=O) groups is 1. The Morgan fingerprint density at radius 1 is 1.23 bits per heavy atom. The molecular weight excluding hydrogens is 399 g/mol. The predicted octanol–water partition coefficient (Wildman–Crippen LogP) is 3.57. The molecule has 0 radical (unpaired) electrons. The van der Waals surface area contributed by atoms with Gasteiger partial charge in [-0.1, -0.05) is 12.1 Å². The number of carbonyl (C=O) groups excluding carboxylic acids is 1. The summed E-state index contributed by atoms with van der Waals surface area (Å²) in [5, 5.41) is 14.8. The number of nitrogens with zero attached hydrogens (tertiary/aromatic N) is 2. The summed E-state index contributed by atoms with van der Waals surface area (Å²) in [5.41, 5.74) is 6.65. The first kappa shape index (κ1) is 20.8. The second-order valence-corrected chi connectivity index (χ2v) is 6.17. The molecule has 0 aliphatic carbocycles. The lowest BCUT2D eigenvalue weighted by Crippen LogP contribution is -2.30. The summed E-state index contributed by atoms with van der Waals surface area (Å²) < 4.78 is 42.8. The molecule has 0 bridgehead atoms. The van der Waals surface area contributed by atoms with Gasteiger partial charge in [-0.05, 0) is 48.2 Å². The summed E-state index contributed by atoms with van der Waals surface area (Å²) in [6, 6.07) is 9.82. The van der Waals surface area contributed by atoms with E-state index in [0.29, 0.717) is 5.56 Å². The Bertz CT molecular complexity index is 1080. The van der Waals surface area contributed by atoms with Crippen molar-refractivity contribution in [1.82, 2.24) is 4.90 Å². The van der Waals surface area contributed by atoms with E-state index in [1.807, 2.05) is 0 Å². The van der Waals surface area contributed by atoms with Gasteiger partial charge in [0.05, 0.1) is 12.2 Å². The maximum Gasteiger partial charge on any atom is 0.312 e. The van der Waals surface area contributed by atoms with Crippen LogP contribution in [0.2, 0.25) is 0 Å². The van der Waals surface area contributed by atoms with Crippen molar-refractivity contribution >= 4 is 29.2 Å². The molecule has 4 N–H and O–H groups in total. The molecule has 0 spiro atoms. The number of nitrogens with two attached hydrogens (primary N) is 1. The Morgan fingerprint density at radius 2 is 2.00 bits per heavy atom. The molecule has 0 unspecified atom stereocenters. The van der Waals surface area contributed by atoms with E-state index in [9.17, 15) is 18.0 Å². The van der Waals surface area contributed by atoms with Crippen LogP contribution in [0.4, 0.5) is 18.9 Å². The van der Waals surface area contributed by atoms with Crippen LogP contribution in [0.1, 0.15) is 21.5 Å². The molecule has 2 aromatic rings. The van der Waals surface area contributed by atoms with E-state index in [4.69, 9.17) is 16.6 Å². The highest BCUT2D eigenvalue weighted by molar-refractivity contribution is 6.14. The van der Waals surface area contributed by atoms with Gasteiger partial charge in [-0.2, -0.15) is 8.78 Å². The average Bonchev–Trinajstić information content (AvgIpc) is 3.03. The third kappa shape index (κ3) is 4.37. The molecule has 0 saturated heterocycles. The summed E-state index contributed by atoms with van der Waals surface area (Å²) in [6.07, 6.45) is -0.564. The van der Waals surface area contributed by atoms with Crippen LogP contribution in [0.15, 0.2) is 59.7 Å². The van der Waals surface area contributed by atoms with E-state index in [-0.39, 0.29) is 29.2 Å². The first-order chi connectivity index (χ1) is 14.3. The number of benzene rings is 2. The van der Waals surface area contributed by atoms with E-state index in [1.165, 1.54) is 47.5 Å². The summed E-state index contributed by atoms with van der Waals surface area (Å²) in [5.74, 6) is -2.80. The number of ether oxygens (including phenoxy) is 1. The number of amidine groups is 1. The molecule has 0 saturated carbocycles. The van der Waals surface area contributed by atoms with Crippen LogP contribution in [-0.2, 0) is 11.3 Å². The van der Waals surface area contributed by atoms with E-state index in [1.54, 1.807) is 12.1 Å². The minimum atomic E-state index is -3.15. The number of hydrogen-bond acceptors (Lipinski definition) is 6. The Kier molecular flexibility index (Phi) is 5.95. The Hall–Kier alpha value is -3.95. The Labute approximate surface area is 169 Å². The lowest BCUT2D eigenvalue weighted by molar-refractivity contribution is 0.0866. The minimum absolute atomic E-state index is 0.0623. The molecule has 154 valence electrons. The normalized spacial score (nSPS) is 13.8. The second-order valence-electron chi connectivity index (χ2n) is 6.17. The van der Waals surface area contributed by atoms with Gasteiger partial charge >= 0.3 is 6.43 Å². The fourth-order valence-electron chi connectivity index (χ4n) is 2.79. The number of hydrogen-bond donors (Lipinski definition) is 3. The molecule has 10 heteroatoms. The molecule has 0 atom stereocenters. The molecule has 3 rings (SSSR count).